The summed E-state index contributed by atoms with van der Waals surface area (Å²) in [6.07, 6.45) is 1.23. The van der Waals surface area contributed by atoms with E-state index in [0.29, 0.717) is 6.42 Å². The van der Waals surface area contributed by atoms with Crippen molar-refractivity contribution in [2.24, 2.45) is 7.05 Å². The molecule has 11 heteroatoms. The molecule has 0 saturated carbocycles. The molecule has 0 bridgehead atoms. The number of hydrogen-bond donors (Lipinski definition) is 2. The second kappa shape index (κ2) is 9.27. The van der Waals surface area contributed by atoms with Crippen molar-refractivity contribution < 1.29 is 32.3 Å². The summed E-state index contributed by atoms with van der Waals surface area (Å²) in [4.78, 5) is 23.4. The predicted octanol–water partition coefficient (Wildman–Crippen LogP) is 2.83. The number of likely N-dealkylation sites (tertiary alicyclic amines) is 1. The summed E-state index contributed by atoms with van der Waals surface area (Å²) in [5.74, 6) is -2.62. The molecule has 174 valence electrons. The number of hydrogen-bond acceptors (Lipinski definition) is 4. The van der Waals surface area contributed by atoms with Crippen LogP contribution in [-0.2, 0) is 23.2 Å². The van der Waals surface area contributed by atoms with E-state index >= 15 is 0 Å². The maximum atomic E-state index is 13.0. The highest BCUT2D eigenvalue weighted by atomic mass is 19.4. The van der Waals surface area contributed by atoms with Crippen LogP contribution in [0.5, 0.6) is 0 Å². The van der Waals surface area contributed by atoms with Crippen LogP contribution >= 0.6 is 0 Å². The molecule has 1 aromatic heterocycles. The lowest BCUT2D eigenvalue weighted by Crippen LogP contribution is -2.53. The number of carbonyl (C=O) groups is 2. The molecule has 7 nitrogen and oxygen atoms in total. The first-order valence-electron chi connectivity index (χ1n) is 10.0. The quantitative estimate of drug-likeness (QED) is 0.694. The van der Waals surface area contributed by atoms with Crippen LogP contribution in [-0.4, -0.2) is 56.5 Å². The van der Waals surface area contributed by atoms with Gasteiger partial charge in [-0.2, -0.15) is 18.3 Å². The maximum Gasteiger partial charge on any atom is 0.490 e. The van der Waals surface area contributed by atoms with Gasteiger partial charge >= 0.3 is 12.1 Å². The third kappa shape index (κ3) is 5.64. The number of aromatic nitrogens is 2. The average molecular weight is 456 g/mol. The molecule has 2 N–H and O–H groups in total. The van der Waals surface area contributed by atoms with Gasteiger partial charge in [0.1, 0.15) is 5.82 Å². The first-order valence-corrected chi connectivity index (χ1v) is 10.0. The fraction of sp³-hybridized carbons (Fsp3) is 0.476. The van der Waals surface area contributed by atoms with Crippen LogP contribution in [0.4, 0.5) is 17.6 Å². The van der Waals surface area contributed by atoms with Crippen LogP contribution in [0.15, 0.2) is 36.7 Å². The zero-order valence-electron chi connectivity index (χ0n) is 17.4. The molecule has 1 aromatic carbocycles. The summed E-state index contributed by atoms with van der Waals surface area (Å²) in [6.45, 7) is 2.67. The number of halogens is 4. The van der Waals surface area contributed by atoms with Gasteiger partial charge in [0, 0.05) is 50.8 Å². The molecule has 2 saturated heterocycles. The molecule has 2 aliphatic rings. The average Bonchev–Trinajstić information content (AvgIpc) is 3.28. The summed E-state index contributed by atoms with van der Waals surface area (Å²) in [6, 6.07) is 6.71. The van der Waals surface area contributed by atoms with E-state index < -0.39 is 12.1 Å². The molecule has 3 heterocycles. The van der Waals surface area contributed by atoms with Crippen LogP contribution in [0.3, 0.4) is 0 Å². The fourth-order valence-electron chi connectivity index (χ4n) is 4.29. The Kier molecular flexibility index (Phi) is 6.87. The Morgan fingerprint density at radius 2 is 1.84 bits per heavy atom. The summed E-state index contributed by atoms with van der Waals surface area (Å²) in [5, 5.41) is 14.7. The SMILES string of the molecule is Cn1cc(C2CC(=O)NC23CCN(Cc2ccc(F)cc2)CC3)cn1.O=C(O)C(F)(F)F. The lowest BCUT2D eigenvalue weighted by atomic mass is 9.75. The van der Waals surface area contributed by atoms with Crippen molar-refractivity contribution in [1.29, 1.82) is 0 Å². The van der Waals surface area contributed by atoms with E-state index in [9.17, 15) is 22.4 Å². The third-order valence-electron chi connectivity index (χ3n) is 5.88. The van der Waals surface area contributed by atoms with Crippen LogP contribution < -0.4 is 5.32 Å². The van der Waals surface area contributed by atoms with Gasteiger partial charge < -0.3 is 10.4 Å². The van der Waals surface area contributed by atoms with E-state index in [2.05, 4.69) is 15.3 Å². The molecule has 1 amide bonds. The lowest BCUT2D eigenvalue weighted by molar-refractivity contribution is -0.192. The molecule has 2 aliphatic heterocycles. The number of nitrogens with zero attached hydrogens (tertiary/aromatic N) is 3. The molecule has 0 aliphatic carbocycles. The first kappa shape index (κ1) is 23.7. The van der Waals surface area contributed by atoms with Gasteiger partial charge in [0.05, 0.1) is 6.20 Å². The molecule has 0 radical (unpaired) electrons. The standard InChI is InChI=1S/C19H23FN4O.C2HF3O2/c1-23-13-15(11-21-23)17-10-18(25)22-19(17)6-8-24(9-7-19)12-14-2-4-16(20)5-3-14;3-2(4,5)1(6)7/h2-5,11,13,17H,6-10,12H2,1H3,(H,22,25);(H,6,7). The Morgan fingerprint density at radius 1 is 1.25 bits per heavy atom. The van der Waals surface area contributed by atoms with Gasteiger partial charge in [-0.3, -0.25) is 14.4 Å². The van der Waals surface area contributed by atoms with Crippen LogP contribution in [0.25, 0.3) is 0 Å². The van der Waals surface area contributed by atoms with Crippen LogP contribution in [0.1, 0.15) is 36.3 Å². The lowest BCUT2D eigenvalue weighted by Gasteiger charge is -2.42. The van der Waals surface area contributed by atoms with Crippen molar-refractivity contribution in [3.8, 4) is 0 Å². The first-order chi connectivity index (χ1) is 15.0. The van der Waals surface area contributed by atoms with Gasteiger partial charge in [-0.25, -0.2) is 9.18 Å². The number of piperidine rings is 1. The van der Waals surface area contributed by atoms with Gasteiger partial charge in [-0.05, 0) is 36.1 Å². The van der Waals surface area contributed by atoms with Crippen LogP contribution in [0, 0.1) is 5.82 Å². The second-order valence-corrected chi connectivity index (χ2v) is 8.11. The fourth-order valence-corrected chi connectivity index (χ4v) is 4.29. The molecular weight excluding hydrogens is 432 g/mol. The van der Waals surface area contributed by atoms with E-state index in [4.69, 9.17) is 9.90 Å². The molecule has 1 atom stereocenters. The number of carboxylic acid groups (broad SMARTS) is 1. The predicted molar refractivity (Wildman–Crippen MR) is 106 cm³/mol. The van der Waals surface area contributed by atoms with Gasteiger partial charge in [0.2, 0.25) is 5.91 Å². The Balaban J connectivity index is 0.000000360. The minimum atomic E-state index is -5.08. The number of carboxylic acids is 1. The van der Waals surface area contributed by atoms with Crippen molar-refractivity contribution in [1.82, 2.24) is 20.0 Å². The van der Waals surface area contributed by atoms with E-state index in [0.717, 1.165) is 43.6 Å². The highest BCUT2D eigenvalue weighted by molar-refractivity contribution is 5.81. The summed E-state index contributed by atoms with van der Waals surface area (Å²) < 4.78 is 46.6. The number of rotatable bonds is 3. The Bertz CT molecular complexity index is 951. The van der Waals surface area contributed by atoms with Gasteiger partial charge in [-0.1, -0.05) is 12.1 Å². The highest BCUT2D eigenvalue weighted by Crippen LogP contribution is 2.43. The minimum absolute atomic E-state index is 0.140. The van der Waals surface area contributed by atoms with Crippen molar-refractivity contribution in [3.63, 3.8) is 0 Å². The van der Waals surface area contributed by atoms with Crippen molar-refractivity contribution in [2.75, 3.05) is 13.1 Å². The highest BCUT2D eigenvalue weighted by Gasteiger charge is 2.49. The van der Waals surface area contributed by atoms with E-state index in [1.165, 1.54) is 12.1 Å². The molecule has 4 rings (SSSR count). The van der Waals surface area contributed by atoms with Gasteiger partial charge in [-0.15, -0.1) is 0 Å². The Morgan fingerprint density at radius 3 is 2.34 bits per heavy atom. The second-order valence-electron chi connectivity index (χ2n) is 8.11. The molecular formula is C21H24F4N4O3. The van der Waals surface area contributed by atoms with E-state index in [1.807, 2.05) is 31.6 Å². The topological polar surface area (TPSA) is 87.5 Å². The van der Waals surface area contributed by atoms with Crippen LogP contribution in [0.2, 0.25) is 0 Å². The number of benzene rings is 1. The molecule has 32 heavy (non-hydrogen) atoms. The van der Waals surface area contributed by atoms with E-state index in [-0.39, 0.29) is 23.2 Å². The zero-order chi connectivity index (χ0) is 23.5. The monoisotopic (exact) mass is 456 g/mol. The zero-order valence-corrected chi connectivity index (χ0v) is 17.4. The van der Waals surface area contributed by atoms with Gasteiger partial charge in [0.15, 0.2) is 0 Å². The number of alkyl halides is 3. The number of aliphatic carboxylic acids is 1. The normalized spacial score (nSPS) is 20.5. The van der Waals surface area contributed by atoms with Crippen molar-refractivity contribution in [3.05, 3.63) is 53.6 Å². The summed E-state index contributed by atoms with van der Waals surface area (Å²) in [5.41, 5.74) is 2.11. The molecule has 1 unspecified atom stereocenters. The Labute approximate surface area is 182 Å². The maximum absolute atomic E-state index is 13.0. The van der Waals surface area contributed by atoms with Crippen molar-refractivity contribution in [2.45, 2.75) is 43.4 Å². The van der Waals surface area contributed by atoms with E-state index in [1.54, 1.807) is 4.68 Å². The number of carbonyl (C=O) groups excluding carboxylic acids is 1. The number of aryl methyl sites for hydroxylation is 1. The number of nitrogens with one attached hydrogen (secondary N) is 1. The Hall–Kier alpha value is -2.95. The summed E-state index contributed by atoms with van der Waals surface area (Å²) >= 11 is 0. The van der Waals surface area contributed by atoms with Crippen molar-refractivity contribution >= 4 is 11.9 Å². The molecule has 1 spiro atoms. The number of amides is 1. The minimum Gasteiger partial charge on any atom is -0.475 e. The molecule has 2 fully saturated rings. The largest absolute Gasteiger partial charge is 0.490 e. The summed E-state index contributed by atoms with van der Waals surface area (Å²) in [7, 11) is 1.91. The molecule has 2 aromatic rings. The third-order valence-corrected chi connectivity index (χ3v) is 5.88. The smallest absolute Gasteiger partial charge is 0.475 e. The van der Waals surface area contributed by atoms with Gasteiger partial charge in [0.25, 0.3) is 0 Å².